The summed E-state index contributed by atoms with van der Waals surface area (Å²) in [6.07, 6.45) is 1.69. The number of ether oxygens (including phenoxy) is 1. The number of nitro benzene ring substituents is 1. The molecule has 0 bridgehead atoms. The standard InChI is InChI=1S/C16H15BrN2O3/c1-2-9-22-16-8-3-12(10-15(16)17)11-18-13-4-6-14(7-5-13)19(20)21/h2-8,10,18H,1,9,11H2. The van der Waals surface area contributed by atoms with Gasteiger partial charge in [0.15, 0.2) is 0 Å². The van der Waals surface area contributed by atoms with Gasteiger partial charge in [-0.1, -0.05) is 18.7 Å². The van der Waals surface area contributed by atoms with Crippen LogP contribution in [0.2, 0.25) is 0 Å². The molecule has 0 aliphatic heterocycles. The van der Waals surface area contributed by atoms with Gasteiger partial charge in [-0.25, -0.2) is 0 Å². The van der Waals surface area contributed by atoms with Crippen LogP contribution in [0.3, 0.4) is 0 Å². The molecule has 114 valence electrons. The minimum Gasteiger partial charge on any atom is -0.488 e. The van der Waals surface area contributed by atoms with Gasteiger partial charge in [-0.3, -0.25) is 10.1 Å². The minimum atomic E-state index is -0.414. The van der Waals surface area contributed by atoms with Crippen molar-refractivity contribution in [2.45, 2.75) is 6.54 Å². The first-order chi connectivity index (χ1) is 10.6. The quantitative estimate of drug-likeness (QED) is 0.446. The Morgan fingerprint density at radius 3 is 2.59 bits per heavy atom. The molecule has 2 rings (SSSR count). The average molecular weight is 363 g/mol. The first-order valence-corrected chi connectivity index (χ1v) is 7.40. The summed E-state index contributed by atoms with van der Waals surface area (Å²) in [6.45, 7) is 4.68. The Bertz CT molecular complexity index is 672. The first-order valence-electron chi connectivity index (χ1n) is 6.60. The fraction of sp³-hybridized carbons (Fsp3) is 0.125. The number of non-ortho nitro benzene ring substituents is 1. The number of hydrogen-bond donors (Lipinski definition) is 1. The van der Waals surface area contributed by atoms with Crippen LogP contribution < -0.4 is 10.1 Å². The molecule has 2 aromatic rings. The molecule has 0 radical (unpaired) electrons. The van der Waals surface area contributed by atoms with E-state index in [4.69, 9.17) is 4.74 Å². The highest BCUT2D eigenvalue weighted by atomic mass is 79.9. The van der Waals surface area contributed by atoms with E-state index in [1.54, 1.807) is 18.2 Å². The second kappa shape index (κ2) is 7.61. The fourth-order valence-corrected chi connectivity index (χ4v) is 2.37. The van der Waals surface area contributed by atoms with E-state index in [0.29, 0.717) is 13.2 Å². The molecule has 22 heavy (non-hydrogen) atoms. The van der Waals surface area contributed by atoms with Crippen molar-refractivity contribution >= 4 is 27.3 Å². The third kappa shape index (κ3) is 4.33. The van der Waals surface area contributed by atoms with Crippen molar-refractivity contribution in [3.05, 3.63) is 75.3 Å². The SMILES string of the molecule is C=CCOc1ccc(CNc2ccc([N+](=O)[O-])cc2)cc1Br. The van der Waals surface area contributed by atoms with Crippen LogP contribution in [0.1, 0.15) is 5.56 Å². The summed E-state index contributed by atoms with van der Waals surface area (Å²) in [4.78, 5) is 10.2. The summed E-state index contributed by atoms with van der Waals surface area (Å²) in [7, 11) is 0. The van der Waals surface area contributed by atoms with E-state index in [9.17, 15) is 10.1 Å². The maximum absolute atomic E-state index is 10.6. The highest BCUT2D eigenvalue weighted by molar-refractivity contribution is 9.10. The lowest BCUT2D eigenvalue weighted by Crippen LogP contribution is -2.00. The highest BCUT2D eigenvalue weighted by Gasteiger charge is 2.05. The fourth-order valence-electron chi connectivity index (χ4n) is 1.83. The van der Waals surface area contributed by atoms with E-state index in [-0.39, 0.29) is 5.69 Å². The van der Waals surface area contributed by atoms with Gasteiger partial charge in [0.25, 0.3) is 5.69 Å². The zero-order valence-electron chi connectivity index (χ0n) is 11.8. The number of rotatable bonds is 7. The molecule has 0 heterocycles. The normalized spacial score (nSPS) is 10.0. The number of nitrogens with one attached hydrogen (secondary N) is 1. The third-order valence-corrected chi connectivity index (χ3v) is 3.55. The molecule has 2 aromatic carbocycles. The summed E-state index contributed by atoms with van der Waals surface area (Å²) in [5.74, 6) is 0.763. The lowest BCUT2D eigenvalue weighted by Gasteiger charge is -2.10. The van der Waals surface area contributed by atoms with Gasteiger partial charge in [0.1, 0.15) is 12.4 Å². The monoisotopic (exact) mass is 362 g/mol. The molecule has 0 amide bonds. The Labute approximate surface area is 136 Å². The maximum atomic E-state index is 10.6. The van der Waals surface area contributed by atoms with Crippen LogP contribution in [0.5, 0.6) is 5.75 Å². The zero-order valence-corrected chi connectivity index (χ0v) is 13.4. The van der Waals surface area contributed by atoms with Gasteiger partial charge < -0.3 is 10.1 Å². The van der Waals surface area contributed by atoms with E-state index < -0.39 is 4.92 Å². The lowest BCUT2D eigenvalue weighted by atomic mass is 10.2. The van der Waals surface area contributed by atoms with E-state index in [1.807, 2.05) is 18.2 Å². The molecular weight excluding hydrogens is 348 g/mol. The number of hydrogen-bond acceptors (Lipinski definition) is 4. The Hall–Kier alpha value is -2.34. The van der Waals surface area contributed by atoms with Crippen LogP contribution in [-0.4, -0.2) is 11.5 Å². The lowest BCUT2D eigenvalue weighted by molar-refractivity contribution is -0.384. The molecule has 0 atom stereocenters. The predicted molar refractivity (Wildman–Crippen MR) is 90.3 cm³/mol. The van der Waals surface area contributed by atoms with Crippen LogP contribution in [0.4, 0.5) is 11.4 Å². The molecule has 0 fully saturated rings. The Balaban J connectivity index is 1.97. The molecule has 0 aliphatic rings. The highest BCUT2D eigenvalue weighted by Crippen LogP contribution is 2.26. The predicted octanol–water partition coefficient (Wildman–Crippen LogP) is 4.53. The van der Waals surface area contributed by atoms with Crippen molar-refractivity contribution in [3.8, 4) is 5.75 Å². The molecular formula is C16H15BrN2O3. The molecule has 1 N–H and O–H groups in total. The van der Waals surface area contributed by atoms with Gasteiger partial charge in [-0.2, -0.15) is 0 Å². The summed E-state index contributed by atoms with van der Waals surface area (Å²) < 4.78 is 6.36. The summed E-state index contributed by atoms with van der Waals surface area (Å²) in [5, 5.41) is 13.8. The molecule has 0 saturated carbocycles. The van der Waals surface area contributed by atoms with Gasteiger partial charge in [-0.15, -0.1) is 0 Å². The first kappa shape index (κ1) is 16.0. The van der Waals surface area contributed by atoms with E-state index in [0.717, 1.165) is 21.5 Å². The zero-order chi connectivity index (χ0) is 15.9. The topological polar surface area (TPSA) is 64.4 Å². The van der Waals surface area contributed by atoms with Gasteiger partial charge in [-0.05, 0) is 45.8 Å². The van der Waals surface area contributed by atoms with Gasteiger partial charge >= 0.3 is 0 Å². The van der Waals surface area contributed by atoms with Crippen molar-refractivity contribution in [1.29, 1.82) is 0 Å². The summed E-state index contributed by atoms with van der Waals surface area (Å²) in [5.41, 5.74) is 1.97. The largest absolute Gasteiger partial charge is 0.488 e. The van der Waals surface area contributed by atoms with Crippen molar-refractivity contribution in [2.75, 3.05) is 11.9 Å². The maximum Gasteiger partial charge on any atom is 0.269 e. The molecule has 0 unspecified atom stereocenters. The number of nitro groups is 1. The van der Waals surface area contributed by atoms with Crippen molar-refractivity contribution in [2.24, 2.45) is 0 Å². The number of halogens is 1. The minimum absolute atomic E-state index is 0.0806. The molecule has 5 nitrogen and oxygen atoms in total. The second-order valence-electron chi connectivity index (χ2n) is 4.52. The Kier molecular flexibility index (Phi) is 5.55. The van der Waals surface area contributed by atoms with Gasteiger partial charge in [0.05, 0.1) is 9.40 Å². The van der Waals surface area contributed by atoms with Gasteiger partial charge in [0, 0.05) is 24.4 Å². The van der Waals surface area contributed by atoms with E-state index in [1.165, 1.54) is 12.1 Å². The smallest absolute Gasteiger partial charge is 0.269 e. The van der Waals surface area contributed by atoms with E-state index in [2.05, 4.69) is 27.8 Å². The van der Waals surface area contributed by atoms with Crippen LogP contribution >= 0.6 is 15.9 Å². The average Bonchev–Trinajstić information content (AvgIpc) is 2.52. The molecule has 0 aliphatic carbocycles. The van der Waals surface area contributed by atoms with Crippen LogP contribution in [-0.2, 0) is 6.54 Å². The van der Waals surface area contributed by atoms with Crippen molar-refractivity contribution < 1.29 is 9.66 Å². The second-order valence-corrected chi connectivity index (χ2v) is 5.38. The van der Waals surface area contributed by atoms with Crippen LogP contribution in [0, 0.1) is 10.1 Å². The molecule has 0 aromatic heterocycles. The van der Waals surface area contributed by atoms with Crippen LogP contribution in [0.15, 0.2) is 59.6 Å². The van der Waals surface area contributed by atoms with E-state index >= 15 is 0 Å². The summed E-state index contributed by atoms with van der Waals surface area (Å²) in [6, 6.07) is 12.2. The number of benzene rings is 2. The molecule has 0 spiro atoms. The number of nitrogens with zero attached hydrogens (tertiary/aromatic N) is 1. The molecule has 6 heteroatoms. The Morgan fingerprint density at radius 2 is 2.00 bits per heavy atom. The van der Waals surface area contributed by atoms with Crippen molar-refractivity contribution in [3.63, 3.8) is 0 Å². The van der Waals surface area contributed by atoms with Gasteiger partial charge in [0.2, 0.25) is 0 Å². The number of anilines is 1. The summed E-state index contributed by atoms with van der Waals surface area (Å²) >= 11 is 3.47. The Morgan fingerprint density at radius 1 is 1.27 bits per heavy atom. The van der Waals surface area contributed by atoms with Crippen LogP contribution in [0.25, 0.3) is 0 Å². The third-order valence-electron chi connectivity index (χ3n) is 2.93. The molecule has 0 saturated heterocycles. The van der Waals surface area contributed by atoms with Crippen molar-refractivity contribution in [1.82, 2.24) is 0 Å².